The molecule has 1 amide bonds. The van der Waals surface area contributed by atoms with E-state index in [-0.39, 0.29) is 13.0 Å². The van der Waals surface area contributed by atoms with Crippen LogP contribution in [0.15, 0.2) is 53.0 Å². The van der Waals surface area contributed by atoms with E-state index in [0.29, 0.717) is 11.4 Å². The zero-order valence-electron chi connectivity index (χ0n) is 13.8. The Morgan fingerprint density at radius 2 is 2.00 bits per heavy atom. The Kier molecular flexibility index (Phi) is 6.55. The molecule has 0 radical (unpaired) electrons. The van der Waals surface area contributed by atoms with Crippen LogP contribution < -0.4 is 4.90 Å². The van der Waals surface area contributed by atoms with Crippen molar-refractivity contribution >= 4 is 23.6 Å². The number of aryl methyl sites for hydroxylation is 1. The number of nitrogens with zero attached hydrogens (tertiary/aromatic N) is 2. The Bertz CT molecular complexity index is 787. The summed E-state index contributed by atoms with van der Waals surface area (Å²) in [6.07, 6.45) is 2.87. The highest BCUT2D eigenvalue weighted by atomic mass is 16.5. The quantitative estimate of drug-likeness (QED) is 0.572. The van der Waals surface area contributed by atoms with Gasteiger partial charge in [0.1, 0.15) is 11.5 Å². The predicted octanol–water partition coefficient (Wildman–Crippen LogP) is 3.09. The summed E-state index contributed by atoms with van der Waals surface area (Å²) in [4.78, 5) is 25.5. The van der Waals surface area contributed by atoms with E-state index in [0.717, 1.165) is 5.76 Å². The highest BCUT2D eigenvalue weighted by Gasteiger charge is 2.16. The van der Waals surface area contributed by atoms with E-state index in [9.17, 15) is 9.59 Å². The van der Waals surface area contributed by atoms with Gasteiger partial charge in [0.05, 0.1) is 12.5 Å². The molecule has 1 heterocycles. The number of ether oxygens (including phenoxy) is 1. The Labute approximate surface area is 145 Å². The third kappa shape index (κ3) is 5.66. The molecular weight excluding hydrogens is 320 g/mol. The summed E-state index contributed by atoms with van der Waals surface area (Å²) in [6, 6.07) is 14.4. The smallest absolute Gasteiger partial charge is 0.331 e. The highest BCUT2D eigenvalue weighted by molar-refractivity contribution is 5.96. The van der Waals surface area contributed by atoms with Crippen LogP contribution in [0.1, 0.15) is 17.9 Å². The molecule has 0 saturated heterocycles. The van der Waals surface area contributed by atoms with Crippen molar-refractivity contribution in [2.45, 2.75) is 13.3 Å². The maximum absolute atomic E-state index is 12.3. The molecule has 128 valence electrons. The maximum Gasteiger partial charge on any atom is 0.331 e. The van der Waals surface area contributed by atoms with Crippen LogP contribution in [0, 0.1) is 18.3 Å². The summed E-state index contributed by atoms with van der Waals surface area (Å²) in [5.41, 5.74) is 0.653. The molecule has 0 unspecified atom stereocenters. The van der Waals surface area contributed by atoms with Gasteiger partial charge in [-0.05, 0) is 37.3 Å². The average Bonchev–Trinajstić information content (AvgIpc) is 3.05. The van der Waals surface area contributed by atoms with Crippen LogP contribution in [0.2, 0.25) is 0 Å². The van der Waals surface area contributed by atoms with Crippen LogP contribution in [-0.4, -0.2) is 25.0 Å². The number of amides is 1. The molecule has 2 aromatic rings. The van der Waals surface area contributed by atoms with Crippen molar-refractivity contribution < 1.29 is 18.7 Å². The number of nitriles is 1. The summed E-state index contributed by atoms with van der Waals surface area (Å²) in [5, 5.41) is 8.75. The molecule has 1 aromatic heterocycles. The predicted molar refractivity (Wildman–Crippen MR) is 92.5 cm³/mol. The topological polar surface area (TPSA) is 83.5 Å². The average molecular weight is 338 g/mol. The van der Waals surface area contributed by atoms with Gasteiger partial charge in [0, 0.05) is 18.3 Å². The van der Waals surface area contributed by atoms with Crippen LogP contribution in [0.25, 0.3) is 6.08 Å². The van der Waals surface area contributed by atoms with Crippen LogP contribution in [0.5, 0.6) is 0 Å². The lowest BCUT2D eigenvalue weighted by Gasteiger charge is -2.21. The number of para-hydroxylation sites is 1. The van der Waals surface area contributed by atoms with E-state index in [2.05, 4.69) is 0 Å². The van der Waals surface area contributed by atoms with E-state index in [1.165, 1.54) is 17.1 Å². The van der Waals surface area contributed by atoms with Gasteiger partial charge in [-0.3, -0.25) is 4.79 Å². The van der Waals surface area contributed by atoms with Gasteiger partial charge in [-0.25, -0.2) is 4.79 Å². The van der Waals surface area contributed by atoms with Crippen LogP contribution in [0.4, 0.5) is 5.69 Å². The number of carbonyl (C=O) groups excluding carboxylic acids is 2. The van der Waals surface area contributed by atoms with Gasteiger partial charge in [0.25, 0.3) is 5.91 Å². The second-order valence-electron chi connectivity index (χ2n) is 5.18. The lowest BCUT2D eigenvalue weighted by atomic mass is 10.2. The Morgan fingerprint density at radius 1 is 1.24 bits per heavy atom. The van der Waals surface area contributed by atoms with E-state index in [1.807, 2.05) is 12.1 Å². The summed E-state index contributed by atoms with van der Waals surface area (Å²) in [5.74, 6) is 0.229. The largest absolute Gasteiger partial charge is 0.462 e. The minimum absolute atomic E-state index is 0.187. The molecular formula is C19H18N2O4. The van der Waals surface area contributed by atoms with Gasteiger partial charge in [-0.2, -0.15) is 5.26 Å². The fourth-order valence-corrected chi connectivity index (χ4v) is 2.12. The van der Waals surface area contributed by atoms with Crippen molar-refractivity contribution in [1.82, 2.24) is 0 Å². The second-order valence-corrected chi connectivity index (χ2v) is 5.18. The number of rotatable bonds is 7. The van der Waals surface area contributed by atoms with Crippen LogP contribution >= 0.6 is 0 Å². The van der Waals surface area contributed by atoms with Crippen LogP contribution in [-0.2, 0) is 14.3 Å². The van der Waals surface area contributed by atoms with Gasteiger partial charge in [-0.15, -0.1) is 0 Å². The fourth-order valence-electron chi connectivity index (χ4n) is 2.12. The molecule has 0 saturated carbocycles. The third-order valence-corrected chi connectivity index (χ3v) is 3.30. The number of benzene rings is 1. The molecule has 0 aliphatic rings. The Hall–Kier alpha value is -3.33. The fraction of sp³-hybridized carbons (Fsp3) is 0.211. The van der Waals surface area contributed by atoms with Crippen molar-refractivity contribution in [3.63, 3.8) is 0 Å². The minimum atomic E-state index is -0.643. The van der Waals surface area contributed by atoms with Gasteiger partial charge in [-0.1, -0.05) is 18.2 Å². The first-order valence-electron chi connectivity index (χ1n) is 7.74. The highest BCUT2D eigenvalue weighted by Crippen LogP contribution is 2.14. The number of hydrogen-bond acceptors (Lipinski definition) is 5. The zero-order chi connectivity index (χ0) is 18.1. The minimum Gasteiger partial charge on any atom is -0.462 e. The van der Waals surface area contributed by atoms with Crippen molar-refractivity contribution in [3.8, 4) is 6.07 Å². The summed E-state index contributed by atoms with van der Waals surface area (Å²) >= 11 is 0. The lowest BCUT2D eigenvalue weighted by molar-refractivity contribution is -0.142. The molecule has 1 aromatic carbocycles. The van der Waals surface area contributed by atoms with Gasteiger partial charge >= 0.3 is 5.97 Å². The van der Waals surface area contributed by atoms with Gasteiger partial charge in [0.2, 0.25) is 0 Å². The number of esters is 1. The molecule has 0 bridgehead atoms. The van der Waals surface area contributed by atoms with Crippen molar-refractivity contribution in [2.75, 3.05) is 18.1 Å². The molecule has 25 heavy (non-hydrogen) atoms. The van der Waals surface area contributed by atoms with Gasteiger partial charge < -0.3 is 14.1 Å². The van der Waals surface area contributed by atoms with E-state index >= 15 is 0 Å². The molecule has 2 rings (SSSR count). The normalized spacial score (nSPS) is 10.4. The molecule has 0 fully saturated rings. The molecule has 0 N–H and O–H groups in total. The summed E-state index contributed by atoms with van der Waals surface area (Å²) < 4.78 is 10.3. The first-order valence-corrected chi connectivity index (χ1v) is 7.74. The molecule has 6 heteroatoms. The zero-order valence-corrected chi connectivity index (χ0v) is 13.8. The van der Waals surface area contributed by atoms with E-state index in [4.69, 9.17) is 14.4 Å². The van der Waals surface area contributed by atoms with E-state index in [1.54, 1.807) is 43.3 Å². The number of furan rings is 1. The van der Waals surface area contributed by atoms with Gasteiger partial charge in [0.15, 0.2) is 6.61 Å². The molecule has 0 spiro atoms. The molecule has 0 aliphatic carbocycles. The SMILES string of the molecule is Cc1ccc(C=CC(=O)OCC(=O)N(CCC#N)c2ccccc2)o1. The third-order valence-electron chi connectivity index (χ3n) is 3.30. The first kappa shape index (κ1) is 18.0. The summed E-state index contributed by atoms with van der Waals surface area (Å²) in [6.45, 7) is 1.63. The monoisotopic (exact) mass is 338 g/mol. The van der Waals surface area contributed by atoms with E-state index < -0.39 is 18.5 Å². The summed E-state index contributed by atoms with van der Waals surface area (Å²) in [7, 11) is 0. The number of anilines is 1. The molecule has 6 nitrogen and oxygen atoms in total. The number of carbonyl (C=O) groups is 2. The van der Waals surface area contributed by atoms with Crippen molar-refractivity contribution in [2.24, 2.45) is 0 Å². The Balaban J connectivity index is 1.92. The number of hydrogen-bond donors (Lipinski definition) is 0. The van der Waals surface area contributed by atoms with Crippen molar-refractivity contribution in [1.29, 1.82) is 5.26 Å². The molecule has 0 aliphatic heterocycles. The van der Waals surface area contributed by atoms with Crippen LogP contribution in [0.3, 0.4) is 0 Å². The Morgan fingerprint density at radius 3 is 2.64 bits per heavy atom. The maximum atomic E-state index is 12.3. The lowest BCUT2D eigenvalue weighted by Crippen LogP contribution is -2.35. The van der Waals surface area contributed by atoms with Crippen molar-refractivity contribution in [3.05, 3.63) is 60.1 Å². The standard InChI is InChI=1S/C19H18N2O4/c1-15-8-9-17(25-15)10-11-19(23)24-14-18(22)21(13-5-12-20)16-6-3-2-4-7-16/h2-4,6-11H,5,13-14H2,1H3. The second kappa shape index (κ2) is 9.08. The molecule has 0 atom stereocenters. The first-order chi connectivity index (χ1) is 12.1.